The lowest BCUT2D eigenvalue weighted by molar-refractivity contribution is -0.00396. The lowest BCUT2D eigenvalue weighted by atomic mass is 9.89. The van der Waals surface area contributed by atoms with E-state index in [0.717, 1.165) is 31.6 Å². The number of rotatable bonds is 4. The van der Waals surface area contributed by atoms with Gasteiger partial charge in [0.15, 0.2) is 0 Å². The number of hydrogen-bond acceptors (Lipinski definition) is 5. The van der Waals surface area contributed by atoms with E-state index in [4.69, 9.17) is 27.9 Å². The molecule has 0 aliphatic carbocycles. The van der Waals surface area contributed by atoms with Crippen molar-refractivity contribution in [2.75, 3.05) is 25.2 Å². The van der Waals surface area contributed by atoms with Crippen molar-refractivity contribution in [3.05, 3.63) is 41.2 Å². The lowest BCUT2D eigenvalue weighted by Crippen LogP contribution is -2.48. The Hall–Kier alpha value is -1.27. The Morgan fingerprint density at radius 2 is 2.15 bits per heavy atom. The van der Waals surface area contributed by atoms with Crippen molar-refractivity contribution < 1.29 is 4.74 Å². The number of ether oxygens (including phenoxy) is 1. The van der Waals surface area contributed by atoms with Crippen LogP contribution < -0.4 is 21.9 Å². The summed E-state index contributed by atoms with van der Waals surface area (Å²) >= 11 is 5.96. The molecular formula is C14H21ClN4O. The molecule has 0 aromatic heterocycles. The first-order valence-electron chi connectivity index (χ1n) is 6.60. The predicted molar refractivity (Wildman–Crippen MR) is 82.2 cm³/mol. The van der Waals surface area contributed by atoms with Gasteiger partial charge in [0.05, 0.1) is 11.4 Å². The molecule has 0 spiro atoms. The van der Waals surface area contributed by atoms with Crippen molar-refractivity contribution in [1.29, 1.82) is 0 Å². The van der Waals surface area contributed by atoms with E-state index in [9.17, 15) is 0 Å². The number of halogens is 1. The molecule has 1 aromatic carbocycles. The highest BCUT2D eigenvalue weighted by atomic mass is 35.5. The first-order valence-corrected chi connectivity index (χ1v) is 6.98. The van der Waals surface area contributed by atoms with E-state index in [1.54, 1.807) is 25.4 Å². The minimum Gasteiger partial charge on any atom is -0.398 e. The third kappa shape index (κ3) is 3.24. The summed E-state index contributed by atoms with van der Waals surface area (Å²) in [6.07, 6.45) is 3.37. The van der Waals surface area contributed by atoms with Crippen LogP contribution >= 0.6 is 11.6 Å². The molecule has 1 heterocycles. The third-order valence-electron chi connectivity index (χ3n) is 3.71. The van der Waals surface area contributed by atoms with Gasteiger partial charge in [-0.2, -0.15) is 0 Å². The van der Waals surface area contributed by atoms with Gasteiger partial charge in [-0.05, 0) is 44.1 Å². The summed E-state index contributed by atoms with van der Waals surface area (Å²) < 4.78 is 5.66. The summed E-state index contributed by atoms with van der Waals surface area (Å²) in [6, 6.07) is 7.30. The standard InChI is InChI=1S/C14H21ClN4O/c1-20-14(5-7-18-8-6-14)13(16)10-19(17)12-4-2-3-11(15)9-12/h2-4,9-10,18H,5-8,16-17H2,1H3/b13-10-. The molecule has 0 bridgehead atoms. The molecule has 2 rings (SSSR count). The number of nitrogens with zero attached hydrogens (tertiary/aromatic N) is 1. The fraction of sp³-hybridized carbons (Fsp3) is 0.429. The van der Waals surface area contributed by atoms with Gasteiger partial charge in [-0.3, -0.25) is 5.01 Å². The topological polar surface area (TPSA) is 76.5 Å². The minimum atomic E-state index is -0.443. The van der Waals surface area contributed by atoms with E-state index in [1.165, 1.54) is 5.01 Å². The SMILES string of the molecule is COC1(/C(N)=C/N(N)c2cccc(Cl)c2)CCNCC1. The molecule has 0 atom stereocenters. The normalized spacial score (nSPS) is 18.9. The predicted octanol–water partition coefficient (Wildman–Crippen LogP) is 1.59. The first-order chi connectivity index (χ1) is 9.57. The van der Waals surface area contributed by atoms with Crippen molar-refractivity contribution in [2.45, 2.75) is 18.4 Å². The minimum absolute atomic E-state index is 0.443. The fourth-order valence-corrected chi connectivity index (χ4v) is 2.60. The van der Waals surface area contributed by atoms with Crippen molar-refractivity contribution in [3.8, 4) is 0 Å². The Balaban J connectivity index is 2.19. The Kier molecular flexibility index (Phi) is 4.88. The fourth-order valence-electron chi connectivity index (χ4n) is 2.42. The van der Waals surface area contributed by atoms with Crippen LogP contribution in [0.1, 0.15) is 12.8 Å². The summed E-state index contributed by atoms with van der Waals surface area (Å²) in [5.41, 5.74) is 7.19. The molecule has 5 nitrogen and oxygen atoms in total. The first kappa shape index (κ1) is 15.1. The van der Waals surface area contributed by atoms with Crippen LogP contribution in [0.25, 0.3) is 0 Å². The highest BCUT2D eigenvalue weighted by Crippen LogP contribution is 2.28. The number of nitrogens with one attached hydrogen (secondary N) is 1. The summed E-state index contributed by atoms with van der Waals surface area (Å²) in [7, 11) is 1.69. The molecule has 1 aromatic rings. The Morgan fingerprint density at radius 1 is 1.45 bits per heavy atom. The summed E-state index contributed by atoms with van der Waals surface area (Å²) in [6.45, 7) is 1.76. The smallest absolute Gasteiger partial charge is 0.111 e. The third-order valence-corrected chi connectivity index (χ3v) is 3.95. The molecule has 20 heavy (non-hydrogen) atoms. The summed E-state index contributed by atoms with van der Waals surface area (Å²) in [5.74, 6) is 6.03. The molecule has 1 aliphatic heterocycles. The van der Waals surface area contributed by atoms with Crippen molar-refractivity contribution in [2.24, 2.45) is 11.6 Å². The molecule has 6 heteroatoms. The molecule has 0 unspecified atom stereocenters. The Bertz CT molecular complexity index is 486. The average Bonchev–Trinajstić information content (AvgIpc) is 2.47. The zero-order chi connectivity index (χ0) is 14.6. The van der Waals surface area contributed by atoms with E-state index < -0.39 is 5.60 Å². The van der Waals surface area contributed by atoms with Crippen LogP contribution in [0.3, 0.4) is 0 Å². The number of methoxy groups -OCH3 is 1. The number of piperidine rings is 1. The van der Waals surface area contributed by atoms with Crippen LogP contribution in [0.4, 0.5) is 5.69 Å². The zero-order valence-corrected chi connectivity index (χ0v) is 12.4. The maximum atomic E-state index is 6.22. The molecule has 0 saturated carbocycles. The van der Waals surface area contributed by atoms with E-state index in [-0.39, 0.29) is 0 Å². The van der Waals surface area contributed by atoms with E-state index in [2.05, 4.69) is 5.32 Å². The molecule has 1 aliphatic rings. The van der Waals surface area contributed by atoms with Crippen molar-refractivity contribution >= 4 is 17.3 Å². The number of hydrogen-bond donors (Lipinski definition) is 3. The quantitative estimate of drug-likeness (QED) is 0.581. The largest absolute Gasteiger partial charge is 0.398 e. The van der Waals surface area contributed by atoms with Crippen molar-refractivity contribution in [1.82, 2.24) is 5.32 Å². The molecule has 1 fully saturated rings. The van der Waals surface area contributed by atoms with Crippen LogP contribution in [0, 0.1) is 0 Å². The second kappa shape index (κ2) is 6.45. The van der Waals surface area contributed by atoms with E-state index in [0.29, 0.717) is 10.7 Å². The summed E-state index contributed by atoms with van der Waals surface area (Å²) in [4.78, 5) is 0. The molecule has 110 valence electrons. The number of hydrazine groups is 1. The monoisotopic (exact) mass is 296 g/mol. The second-order valence-corrected chi connectivity index (χ2v) is 5.36. The number of nitrogens with two attached hydrogens (primary N) is 2. The Labute approximate surface area is 124 Å². The van der Waals surface area contributed by atoms with Gasteiger partial charge in [0.1, 0.15) is 5.60 Å². The van der Waals surface area contributed by atoms with Gasteiger partial charge in [-0.1, -0.05) is 17.7 Å². The number of anilines is 1. The van der Waals surface area contributed by atoms with Gasteiger partial charge in [0.25, 0.3) is 0 Å². The second-order valence-electron chi connectivity index (χ2n) is 4.92. The van der Waals surface area contributed by atoms with Crippen LogP contribution in [-0.2, 0) is 4.74 Å². The van der Waals surface area contributed by atoms with Crippen LogP contribution in [0.15, 0.2) is 36.2 Å². The molecule has 1 saturated heterocycles. The van der Waals surface area contributed by atoms with Crippen molar-refractivity contribution in [3.63, 3.8) is 0 Å². The van der Waals surface area contributed by atoms with Gasteiger partial charge in [0.2, 0.25) is 0 Å². The zero-order valence-electron chi connectivity index (χ0n) is 11.6. The summed E-state index contributed by atoms with van der Waals surface area (Å²) in [5, 5.41) is 5.40. The lowest BCUT2D eigenvalue weighted by Gasteiger charge is -2.37. The highest BCUT2D eigenvalue weighted by molar-refractivity contribution is 6.30. The van der Waals surface area contributed by atoms with Gasteiger partial charge in [-0.15, -0.1) is 0 Å². The van der Waals surface area contributed by atoms with Gasteiger partial charge in [0, 0.05) is 18.3 Å². The molecular weight excluding hydrogens is 276 g/mol. The van der Waals surface area contributed by atoms with Gasteiger partial charge < -0.3 is 15.8 Å². The molecule has 0 amide bonds. The van der Waals surface area contributed by atoms with Gasteiger partial charge >= 0.3 is 0 Å². The van der Waals surface area contributed by atoms with E-state index in [1.807, 2.05) is 12.1 Å². The molecule has 0 radical (unpaired) electrons. The Morgan fingerprint density at radius 3 is 2.75 bits per heavy atom. The number of benzene rings is 1. The van der Waals surface area contributed by atoms with Crippen LogP contribution in [0.2, 0.25) is 5.02 Å². The average molecular weight is 297 g/mol. The van der Waals surface area contributed by atoms with E-state index >= 15 is 0 Å². The maximum Gasteiger partial charge on any atom is 0.111 e. The van der Waals surface area contributed by atoms with Crippen LogP contribution in [0.5, 0.6) is 0 Å². The van der Waals surface area contributed by atoms with Gasteiger partial charge in [-0.25, -0.2) is 5.84 Å². The maximum absolute atomic E-state index is 6.22. The van der Waals surface area contributed by atoms with Crippen LogP contribution in [-0.4, -0.2) is 25.8 Å². The molecule has 5 N–H and O–H groups in total. The highest BCUT2D eigenvalue weighted by Gasteiger charge is 2.34.